The van der Waals surface area contributed by atoms with Crippen LogP contribution in [-0.4, -0.2) is 21.8 Å². The number of rotatable bonds is 6. The molecule has 8 nitrogen and oxygen atoms in total. The number of benzene rings is 1. The Morgan fingerprint density at radius 2 is 1.17 bits per heavy atom. The molecule has 0 spiro atoms. The molecule has 2 N–H and O–H groups in total. The van der Waals surface area contributed by atoms with E-state index >= 15 is 0 Å². The summed E-state index contributed by atoms with van der Waals surface area (Å²) in [6.07, 6.45) is 0. The second-order valence-electron chi connectivity index (χ2n) is 4.90. The van der Waals surface area contributed by atoms with Crippen molar-refractivity contribution in [3.8, 4) is 0 Å². The van der Waals surface area contributed by atoms with Gasteiger partial charge < -0.3 is 10.2 Å². The summed E-state index contributed by atoms with van der Waals surface area (Å²) in [4.78, 5) is 22.6. The van der Waals surface area contributed by atoms with Crippen LogP contribution in [0.25, 0.3) is 0 Å². The summed E-state index contributed by atoms with van der Waals surface area (Å²) in [5.74, 6) is -1.28. The maximum Gasteiger partial charge on any atom is 0.183 e. The molecule has 0 aliphatic carbocycles. The van der Waals surface area contributed by atoms with Gasteiger partial charge in [-0.1, -0.05) is 6.07 Å². The molecule has 1 aromatic rings. The molecule has 1 aromatic carbocycles. The van der Waals surface area contributed by atoms with E-state index in [9.17, 15) is 19.8 Å². The van der Waals surface area contributed by atoms with Crippen LogP contribution in [0.1, 0.15) is 27.7 Å². The molecule has 0 radical (unpaired) electrons. The minimum absolute atomic E-state index is 0.139. The molecular weight excluding hydrogens is 312 g/mol. The topological polar surface area (TPSA) is 124 Å². The summed E-state index contributed by atoms with van der Waals surface area (Å²) in [5, 5.41) is 33.9. The van der Waals surface area contributed by atoms with Gasteiger partial charge in [0.15, 0.2) is 23.0 Å². The van der Waals surface area contributed by atoms with E-state index < -0.39 is 11.6 Å². The van der Waals surface area contributed by atoms with E-state index in [4.69, 9.17) is 0 Å². The summed E-state index contributed by atoms with van der Waals surface area (Å²) < 4.78 is 0. The molecule has 0 unspecified atom stereocenters. The molecule has 8 heteroatoms. The molecule has 24 heavy (non-hydrogen) atoms. The van der Waals surface area contributed by atoms with E-state index in [-0.39, 0.29) is 22.9 Å². The summed E-state index contributed by atoms with van der Waals surface area (Å²) in [5.41, 5.74) is 0.473. The third kappa shape index (κ3) is 5.56. The molecule has 0 heterocycles. The largest absolute Gasteiger partial charge is 0.510 e. The Hall–Kier alpha value is -3.16. The molecule has 0 aromatic heterocycles. The van der Waals surface area contributed by atoms with Crippen LogP contribution in [0.2, 0.25) is 0 Å². The number of Topliss-reactive ketones (excluding diaryl/α,β-unsaturated/α-hetero) is 2. The molecule has 1 rings (SSSR count). The van der Waals surface area contributed by atoms with Crippen LogP contribution in [0.5, 0.6) is 0 Å². The van der Waals surface area contributed by atoms with Gasteiger partial charge >= 0.3 is 0 Å². The second-order valence-corrected chi connectivity index (χ2v) is 4.90. The van der Waals surface area contributed by atoms with E-state index in [1.807, 2.05) is 0 Å². The fourth-order valence-electron chi connectivity index (χ4n) is 1.63. The molecular formula is C16H18N4O4. The molecule has 0 saturated carbocycles. The first-order valence-corrected chi connectivity index (χ1v) is 6.97. The number of aliphatic hydroxyl groups excluding tert-OH is 2. The number of hydrogen-bond acceptors (Lipinski definition) is 8. The number of aliphatic hydroxyl groups is 2. The average molecular weight is 330 g/mol. The molecule has 0 fully saturated rings. The van der Waals surface area contributed by atoms with Gasteiger partial charge in [-0.2, -0.15) is 10.2 Å². The van der Waals surface area contributed by atoms with Gasteiger partial charge in [-0.15, -0.1) is 10.2 Å². The summed E-state index contributed by atoms with van der Waals surface area (Å²) in [6.45, 7) is 5.22. The van der Waals surface area contributed by atoms with Gasteiger partial charge in [-0.3, -0.25) is 9.59 Å². The highest BCUT2D eigenvalue weighted by Gasteiger charge is 2.08. The lowest BCUT2D eigenvalue weighted by Gasteiger charge is -1.99. The Bertz CT molecular complexity index is 707. The SMILES string of the molecule is CC(=O)/C(N=Nc1cccc(N=N/C(C(C)=O)=C(/C)O)c1)=C(\C)O. The lowest BCUT2D eigenvalue weighted by atomic mass is 10.3. The number of azo groups is 2. The van der Waals surface area contributed by atoms with Crippen molar-refractivity contribution in [2.24, 2.45) is 20.5 Å². The Kier molecular flexibility index (Phi) is 6.66. The van der Waals surface area contributed by atoms with Gasteiger partial charge in [-0.05, 0) is 32.0 Å². The summed E-state index contributed by atoms with van der Waals surface area (Å²) in [6, 6.07) is 6.38. The molecule has 0 amide bonds. The highest BCUT2D eigenvalue weighted by Crippen LogP contribution is 2.23. The third-order valence-corrected chi connectivity index (χ3v) is 2.71. The molecule has 0 atom stereocenters. The Morgan fingerprint density at radius 3 is 1.46 bits per heavy atom. The van der Waals surface area contributed by atoms with Crippen LogP contribution < -0.4 is 0 Å². The van der Waals surface area contributed by atoms with Crippen molar-refractivity contribution in [2.45, 2.75) is 27.7 Å². The summed E-state index contributed by atoms with van der Waals surface area (Å²) in [7, 11) is 0. The number of hydrogen-bond donors (Lipinski definition) is 2. The van der Waals surface area contributed by atoms with E-state index in [1.165, 1.54) is 33.8 Å². The predicted octanol–water partition coefficient (Wildman–Crippen LogP) is 4.61. The highest BCUT2D eigenvalue weighted by atomic mass is 16.3. The standard InChI is InChI=1S/C16H18N4O4/c1-9(21)15(10(2)22)19-17-13-6-5-7-14(8-13)18-20-16(11(3)23)12(4)24/h5-8,21,23H,1-4H3/b15-9-,16-11-,19-17?,20-18?. The lowest BCUT2D eigenvalue weighted by Crippen LogP contribution is -1.96. The Balaban J connectivity index is 3.08. The zero-order chi connectivity index (χ0) is 18.3. The van der Waals surface area contributed by atoms with Crippen LogP contribution in [0, 0.1) is 0 Å². The van der Waals surface area contributed by atoms with Gasteiger partial charge in [0.2, 0.25) is 0 Å². The smallest absolute Gasteiger partial charge is 0.183 e. The molecule has 0 aliphatic rings. The monoisotopic (exact) mass is 330 g/mol. The molecule has 126 valence electrons. The number of nitrogens with zero attached hydrogens (tertiary/aromatic N) is 4. The van der Waals surface area contributed by atoms with Crippen molar-refractivity contribution in [3.05, 3.63) is 47.2 Å². The average Bonchev–Trinajstić information content (AvgIpc) is 2.46. The van der Waals surface area contributed by atoms with Crippen LogP contribution in [0.15, 0.2) is 67.6 Å². The lowest BCUT2D eigenvalue weighted by molar-refractivity contribution is -0.114. The number of allylic oxidation sites excluding steroid dienone is 4. The van der Waals surface area contributed by atoms with Crippen LogP contribution in [-0.2, 0) is 9.59 Å². The van der Waals surface area contributed by atoms with Gasteiger partial charge in [0.25, 0.3) is 0 Å². The Labute approximate surface area is 139 Å². The summed E-state index contributed by atoms with van der Waals surface area (Å²) >= 11 is 0. The Morgan fingerprint density at radius 1 is 0.792 bits per heavy atom. The van der Waals surface area contributed by atoms with Crippen molar-refractivity contribution < 1.29 is 19.8 Å². The van der Waals surface area contributed by atoms with Crippen LogP contribution >= 0.6 is 0 Å². The zero-order valence-electron chi connectivity index (χ0n) is 13.8. The zero-order valence-corrected chi connectivity index (χ0v) is 13.8. The minimum Gasteiger partial charge on any atom is -0.510 e. The van der Waals surface area contributed by atoms with Gasteiger partial charge in [0, 0.05) is 13.8 Å². The number of carbonyl (C=O) groups is 2. The van der Waals surface area contributed by atoms with E-state index in [0.717, 1.165) is 0 Å². The first-order chi connectivity index (χ1) is 11.2. The van der Waals surface area contributed by atoms with Gasteiger partial charge in [-0.25, -0.2) is 0 Å². The molecule has 0 aliphatic heterocycles. The minimum atomic E-state index is -0.413. The third-order valence-electron chi connectivity index (χ3n) is 2.71. The fourth-order valence-corrected chi connectivity index (χ4v) is 1.63. The van der Waals surface area contributed by atoms with E-state index in [1.54, 1.807) is 18.2 Å². The second kappa shape index (κ2) is 8.47. The highest BCUT2D eigenvalue weighted by molar-refractivity contribution is 5.93. The predicted molar refractivity (Wildman–Crippen MR) is 87.5 cm³/mol. The first-order valence-electron chi connectivity index (χ1n) is 6.97. The first kappa shape index (κ1) is 18.9. The number of ketones is 2. The van der Waals surface area contributed by atoms with Crippen LogP contribution in [0.4, 0.5) is 11.4 Å². The van der Waals surface area contributed by atoms with Crippen molar-refractivity contribution in [3.63, 3.8) is 0 Å². The van der Waals surface area contributed by atoms with Crippen molar-refractivity contribution in [2.75, 3.05) is 0 Å². The van der Waals surface area contributed by atoms with Crippen molar-refractivity contribution >= 4 is 22.9 Å². The van der Waals surface area contributed by atoms with Crippen molar-refractivity contribution in [1.82, 2.24) is 0 Å². The van der Waals surface area contributed by atoms with E-state index in [0.29, 0.717) is 11.4 Å². The maximum absolute atomic E-state index is 11.3. The molecule has 0 bridgehead atoms. The quantitative estimate of drug-likeness (QED) is 0.449. The van der Waals surface area contributed by atoms with Gasteiger partial charge in [0.1, 0.15) is 11.5 Å². The molecule has 0 saturated heterocycles. The van der Waals surface area contributed by atoms with Gasteiger partial charge in [0.05, 0.1) is 11.4 Å². The van der Waals surface area contributed by atoms with Crippen molar-refractivity contribution in [1.29, 1.82) is 0 Å². The van der Waals surface area contributed by atoms with Crippen LogP contribution in [0.3, 0.4) is 0 Å². The van der Waals surface area contributed by atoms with E-state index in [2.05, 4.69) is 20.5 Å². The number of carbonyl (C=O) groups excluding carboxylic acids is 2. The fraction of sp³-hybridized carbons (Fsp3) is 0.250. The maximum atomic E-state index is 11.3. The normalized spacial score (nSPS) is 13.8.